The van der Waals surface area contributed by atoms with Gasteiger partial charge in [0.05, 0.1) is 19.0 Å². The van der Waals surface area contributed by atoms with Crippen LogP contribution in [0, 0.1) is 17.2 Å². The number of carbonyl (C=O) groups is 4. The van der Waals surface area contributed by atoms with Gasteiger partial charge in [0.2, 0.25) is 17.7 Å². The lowest BCUT2D eigenvalue weighted by molar-refractivity contribution is -0.136. The minimum absolute atomic E-state index is 0.0187. The third-order valence-corrected chi connectivity index (χ3v) is 5.51. The maximum Gasteiger partial charge on any atom is 0.307 e. The van der Waals surface area contributed by atoms with Gasteiger partial charge in [-0.05, 0) is 17.5 Å². The van der Waals surface area contributed by atoms with Gasteiger partial charge in [-0.1, -0.05) is 24.3 Å². The van der Waals surface area contributed by atoms with Crippen molar-refractivity contribution in [2.24, 2.45) is 5.92 Å². The monoisotopic (exact) mass is 448 g/mol. The van der Waals surface area contributed by atoms with E-state index in [9.17, 15) is 28.0 Å². The van der Waals surface area contributed by atoms with E-state index < -0.39 is 60.6 Å². The smallest absolute Gasteiger partial charge is 0.307 e. The van der Waals surface area contributed by atoms with Gasteiger partial charge in [-0.2, -0.15) is 5.26 Å². The Morgan fingerprint density at radius 1 is 1.25 bits per heavy atom. The molecule has 2 fully saturated rings. The molecule has 2 heterocycles. The molecule has 0 aliphatic carbocycles. The van der Waals surface area contributed by atoms with Crippen molar-refractivity contribution in [2.75, 3.05) is 6.54 Å². The molecule has 0 spiro atoms. The summed E-state index contributed by atoms with van der Waals surface area (Å²) in [6.45, 7) is -0.692. The minimum atomic E-state index is -3.15. The molecule has 9 nitrogen and oxygen atoms in total. The first-order chi connectivity index (χ1) is 15.1. The van der Waals surface area contributed by atoms with E-state index in [0.29, 0.717) is 5.56 Å². The number of halogens is 2. The van der Waals surface area contributed by atoms with Crippen LogP contribution in [0.1, 0.15) is 30.4 Å². The molecular weight excluding hydrogens is 426 g/mol. The van der Waals surface area contributed by atoms with E-state index >= 15 is 0 Å². The van der Waals surface area contributed by atoms with Crippen molar-refractivity contribution in [3.05, 3.63) is 35.4 Å². The fourth-order valence-corrected chi connectivity index (χ4v) is 3.89. The van der Waals surface area contributed by atoms with Crippen molar-refractivity contribution in [1.82, 2.24) is 15.5 Å². The third kappa shape index (κ3) is 5.57. The lowest BCUT2D eigenvalue weighted by Crippen LogP contribution is -2.46. The highest BCUT2D eigenvalue weighted by Crippen LogP contribution is 2.33. The summed E-state index contributed by atoms with van der Waals surface area (Å²) in [5, 5.41) is 22.9. The first-order valence-electron chi connectivity index (χ1n) is 10.0. The van der Waals surface area contributed by atoms with Gasteiger partial charge in [-0.25, -0.2) is 8.78 Å². The van der Waals surface area contributed by atoms with Crippen molar-refractivity contribution < 1.29 is 33.1 Å². The van der Waals surface area contributed by atoms with Gasteiger partial charge in [-0.3, -0.25) is 19.2 Å². The summed E-state index contributed by atoms with van der Waals surface area (Å²) >= 11 is 0. The molecule has 0 unspecified atom stereocenters. The van der Waals surface area contributed by atoms with Crippen LogP contribution in [0.4, 0.5) is 8.78 Å². The predicted octanol–water partition coefficient (Wildman–Crippen LogP) is 0.584. The average Bonchev–Trinajstić information content (AvgIpc) is 3.25. The Bertz CT molecular complexity index is 960. The van der Waals surface area contributed by atoms with Gasteiger partial charge in [0.1, 0.15) is 12.1 Å². The number of carboxylic acids is 1. The summed E-state index contributed by atoms with van der Waals surface area (Å²) in [7, 11) is 0. The van der Waals surface area contributed by atoms with Gasteiger partial charge in [0.25, 0.3) is 5.92 Å². The Hall–Kier alpha value is -3.55. The highest BCUT2D eigenvalue weighted by atomic mass is 19.3. The van der Waals surface area contributed by atoms with E-state index in [1.807, 2.05) is 0 Å². The molecule has 0 saturated carbocycles. The number of hydrogen-bond acceptors (Lipinski definition) is 5. The van der Waals surface area contributed by atoms with E-state index in [4.69, 9.17) is 10.4 Å². The molecule has 170 valence electrons. The van der Waals surface area contributed by atoms with Crippen LogP contribution in [0.25, 0.3) is 0 Å². The van der Waals surface area contributed by atoms with E-state index in [0.717, 1.165) is 10.5 Å². The Balaban J connectivity index is 1.50. The Morgan fingerprint density at radius 3 is 2.53 bits per heavy atom. The summed E-state index contributed by atoms with van der Waals surface area (Å²) in [6.07, 6.45) is -1.04. The second-order valence-corrected chi connectivity index (χ2v) is 8.03. The van der Waals surface area contributed by atoms with Crippen LogP contribution in [0.3, 0.4) is 0 Å². The molecule has 32 heavy (non-hydrogen) atoms. The molecule has 3 amide bonds. The van der Waals surface area contributed by atoms with Crippen LogP contribution in [-0.2, 0) is 32.1 Å². The molecule has 3 rings (SSSR count). The van der Waals surface area contributed by atoms with Crippen molar-refractivity contribution in [2.45, 2.75) is 50.2 Å². The number of nitriles is 1. The highest BCUT2D eigenvalue weighted by molar-refractivity contribution is 5.94. The van der Waals surface area contributed by atoms with E-state index in [2.05, 4.69) is 10.6 Å². The van der Waals surface area contributed by atoms with Crippen LogP contribution in [0.15, 0.2) is 24.3 Å². The molecular formula is C21H22F2N4O5. The van der Waals surface area contributed by atoms with Crippen LogP contribution in [-0.4, -0.2) is 58.2 Å². The zero-order valence-electron chi connectivity index (χ0n) is 17.0. The highest BCUT2D eigenvalue weighted by Gasteiger charge is 2.50. The van der Waals surface area contributed by atoms with Gasteiger partial charge in [0, 0.05) is 25.3 Å². The molecule has 1 aromatic rings. The first kappa shape index (κ1) is 23.1. The second-order valence-electron chi connectivity index (χ2n) is 8.03. The fourth-order valence-electron chi connectivity index (χ4n) is 3.89. The lowest BCUT2D eigenvalue weighted by Gasteiger charge is -2.22. The molecule has 0 radical (unpaired) electrons. The summed E-state index contributed by atoms with van der Waals surface area (Å²) in [5.74, 6) is -6.56. The summed E-state index contributed by atoms with van der Waals surface area (Å²) in [5.41, 5.74) is 1.37. The normalized spacial score (nSPS) is 24.0. The van der Waals surface area contributed by atoms with Crippen molar-refractivity contribution in [3.8, 4) is 6.07 Å². The van der Waals surface area contributed by atoms with Crippen LogP contribution < -0.4 is 10.6 Å². The van der Waals surface area contributed by atoms with Crippen LogP contribution >= 0.6 is 0 Å². The number of carbonyl (C=O) groups excluding carboxylic acids is 3. The van der Waals surface area contributed by atoms with Crippen molar-refractivity contribution in [3.63, 3.8) is 0 Å². The largest absolute Gasteiger partial charge is 0.481 e. The predicted molar refractivity (Wildman–Crippen MR) is 105 cm³/mol. The quantitative estimate of drug-likeness (QED) is 0.558. The molecule has 0 bridgehead atoms. The SMILES string of the molecule is N#C[C@@H]1CC(F)(F)CN1C(=O)[C@@H]1C[C@@H](CC(=O)NCc2ccc(CC(=O)O)cc2)C(=O)N1. The van der Waals surface area contributed by atoms with E-state index in [1.165, 1.54) is 0 Å². The minimum Gasteiger partial charge on any atom is -0.481 e. The van der Waals surface area contributed by atoms with Crippen molar-refractivity contribution in [1.29, 1.82) is 5.26 Å². The average molecular weight is 448 g/mol. The number of hydrogen-bond donors (Lipinski definition) is 3. The molecule has 1 aromatic carbocycles. The molecule has 2 aliphatic rings. The number of rotatable bonds is 7. The van der Waals surface area contributed by atoms with Crippen molar-refractivity contribution >= 4 is 23.7 Å². The summed E-state index contributed by atoms with van der Waals surface area (Å²) in [4.78, 5) is 48.5. The molecule has 11 heteroatoms. The topological polar surface area (TPSA) is 140 Å². The number of carboxylic acid groups (broad SMARTS) is 1. The van der Waals surface area contributed by atoms with Crippen LogP contribution in [0.5, 0.6) is 0 Å². The Morgan fingerprint density at radius 2 is 1.91 bits per heavy atom. The van der Waals surface area contributed by atoms with Gasteiger partial charge in [-0.15, -0.1) is 0 Å². The number of nitrogens with zero attached hydrogens (tertiary/aromatic N) is 2. The molecule has 2 saturated heterocycles. The van der Waals surface area contributed by atoms with Gasteiger partial charge >= 0.3 is 5.97 Å². The molecule has 2 aliphatic heterocycles. The maximum absolute atomic E-state index is 13.6. The number of likely N-dealkylation sites (tertiary alicyclic amines) is 1. The Kier molecular flexibility index (Phi) is 6.72. The third-order valence-electron chi connectivity index (χ3n) is 5.51. The van der Waals surface area contributed by atoms with Crippen LogP contribution in [0.2, 0.25) is 0 Å². The number of aliphatic carboxylic acids is 1. The second kappa shape index (κ2) is 9.30. The van der Waals surface area contributed by atoms with E-state index in [-0.39, 0.29) is 25.8 Å². The Labute approximate surface area is 182 Å². The van der Waals surface area contributed by atoms with Gasteiger partial charge in [0.15, 0.2) is 0 Å². The maximum atomic E-state index is 13.6. The fraction of sp³-hybridized carbons (Fsp3) is 0.476. The number of amides is 3. The van der Waals surface area contributed by atoms with Gasteiger partial charge < -0.3 is 20.6 Å². The standard InChI is InChI=1S/C21H22F2N4O5/c22-21(23)8-15(9-24)27(11-21)20(32)16-6-14(19(31)26-16)7-17(28)25-10-13-3-1-12(2-4-13)5-18(29)30/h1-4,14-16H,5-8,10-11H2,(H,25,28)(H,26,31)(H,29,30)/t14-,15-,16-/m0/s1. The summed E-state index contributed by atoms with van der Waals surface area (Å²) in [6, 6.07) is 6.06. The van der Waals surface area contributed by atoms with E-state index in [1.54, 1.807) is 30.3 Å². The molecule has 3 N–H and O–H groups in total. The number of benzene rings is 1. The number of nitrogens with one attached hydrogen (secondary N) is 2. The molecule has 0 aromatic heterocycles. The zero-order valence-corrected chi connectivity index (χ0v) is 17.0. The number of alkyl halides is 2. The summed E-state index contributed by atoms with van der Waals surface area (Å²) < 4.78 is 27.2. The zero-order chi connectivity index (χ0) is 23.5. The molecule has 3 atom stereocenters. The first-order valence-corrected chi connectivity index (χ1v) is 10.0. The lowest BCUT2D eigenvalue weighted by atomic mass is 10.00.